The first-order valence-electron chi connectivity index (χ1n) is 20.8. The van der Waals surface area contributed by atoms with Gasteiger partial charge in [-0.2, -0.15) is 0 Å². The first-order valence-corrected chi connectivity index (χ1v) is 20.8. The zero-order valence-corrected chi connectivity index (χ0v) is 33.4. The van der Waals surface area contributed by atoms with Crippen molar-refractivity contribution in [1.29, 1.82) is 0 Å². The fourth-order valence-electron chi connectivity index (χ4n) is 8.71. The molecule has 0 radical (unpaired) electrons. The standard InChI is InChI=1S/C58H40N2O/c1-5-15-41(16-6-1)43-27-34-49(35-28-43)59(50-36-29-44(30-37-50)42-17-7-2-8-18-42)51-38-31-45(32-39-51)52-24-14-26-54-53-25-13-19-46-33-40-55(58(56(46)53)61-57(52)54)60(47-20-9-3-10-21-47)48-22-11-4-12-23-48/h1-40H. The van der Waals surface area contributed by atoms with Crippen molar-refractivity contribution in [2.45, 2.75) is 0 Å². The molecule has 11 rings (SSSR count). The van der Waals surface area contributed by atoms with E-state index in [1.54, 1.807) is 0 Å². The van der Waals surface area contributed by atoms with Crippen LogP contribution in [0.15, 0.2) is 243 Å². The average molecular weight is 781 g/mol. The molecular weight excluding hydrogens is 741 g/mol. The number of anilines is 6. The van der Waals surface area contributed by atoms with Gasteiger partial charge in [0.15, 0.2) is 5.75 Å². The number of fused-ring (bicyclic) bond motifs is 2. The van der Waals surface area contributed by atoms with Gasteiger partial charge in [0.25, 0.3) is 0 Å². The van der Waals surface area contributed by atoms with Crippen LogP contribution in [0.4, 0.5) is 34.1 Å². The summed E-state index contributed by atoms with van der Waals surface area (Å²) in [6.07, 6.45) is 0. The molecule has 1 aliphatic heterocycles. The third-order valence-corrected chi connectivity index (χ3v) is 11.7. The lowest BCUT2D eigenvalue weighted by molar-refractivity contribution is 0.490. The van der Waals surface area contributed by atoms with Crippen molar-refractivity contribution in [1.82, 2.24) is 0 Å². The Labute approximate surface area is 356 Å². The van der Waals surface area contributed by atoms with E-state index in [2.05, 4.69) is 252 Å². The molecular formula is C58H40N2O. The van der Waals surface area contributed by atoms with Crippen molar-refractivity contribution in [2.75, 3.05) is 9.80 Å². The molecule has 10 aromatic carbocycles. The number of nitrogens with zero attached hydrogens (tertiary/aromatic N) is 2. The first-order chi connectivity index (χ1) is 30.3. The molecule has 0 spiro atoms. The summed E-state index contributed by atoms with van der Waals surface area (Å²) >= 11 is 0. The summed E-state index contributed by atoms with van der Waals surface area (Å²) in [5.41, 5.74) is 15.5. The fourth-order valence-corrected chi connectivity index (χ4v) is 8.71. The van der Waals surface area contributed by atoms with Crippen LogP contribution >= 0.6 is 0 Å². The van der Waals surface area contributed by atoms with Crippen LogP contribution in [0.1, 0.15) is 0 Å². The van der Waals surface area contributed by atoms with Gasteiger partial charge >= 0.3 is 0 Å². The monoisotopic (exact) mass is 780 g/mol. The summed E-state index contributed by atoms with van der Waals surface area (Å²) in [4.78, 5) is 4.62. The summed E-state index contributed by atoms with van der Waals surface area (Å²) in [7, 11) is 0. The van der Waals surface area contributed by atoms with E-state index in [-0.39, 0.29) is 0 Å². The van der Waals surface area contributed by atoms with Gasteiger partial charge in [-0.15, -0.1) is 0 Å². The number of rotatable bonds is 9. The van der Waals surface area contributed by atoms with Gasteiger partial charge in [-0.05, 0) is 105 Å². The van der Waals surface area contributed by atoms with Crippen LogP contribution in [0.25, 0.3) is 55.3 Å². The topological polar surface area (TPSA) is 15.7 Å². The van der Waals surface area contributed by atoms with Gasteiger partial charge in [0, 0.05) is 45.0 Å². The van der Waals surface area contributed by atoms with Gasteiger partial charge in [0.1, 0.15) is 5.75 Å². The van der Waals surface area contributed by atoms with E-state index in [0.717, 1.165) is 73.1 Å². The van der Waals surface area contributed by atoms with Crippen LogP contribution in [0.3, 0.4) is 0 Å². The molecule has 288 valence electrons. The second-order valence-electron chi connectivity index (χ2n) is 15.3. The third kappa shape index (κ3) is 6.69. The lowest BCUT2D eigenvalue weighted by Crippen LogP contribution is -2.12. The molecule has 0 fully saturated rings. The van der Waals surface area contributed by atoms with Crippen molar-refractivity contribution in [2.24, 2.45) is 0 Å². The second-order valence-corrected chi connectivity index (χ2v) is 15.3. The zero-order chi connectivity index (χ0) is 40.5. The van der Waals surface area contributed by atoms with Crippen LogP contribution in [0.2, 0.25) is 0 Å². The van der Waals surface area contributed by atoms with E-state index in [1.165, 1.54) is 27.8 Å². The Kier molecular flexibility index (Phi) is 9.18. The molecule has 0 saturated carbocycles. The Bertz CT molecular complexity index is 2990. The minimum atomic E-state index is 0.849. The lowest BCUT2D eigenvalue weighted by Gasteiger charge is -2.31. The van der Waals surface area contributed by atoms with Gasteiger partial charge in [0.05, 0.1) is 5.69 Å². The van der Waals surface area contributed by atoms with Crippen LogP contribution in [-0.2, 0) is 0 Å². The van der Waals surface area contributed by atoms with Crippen molar-refractivity contribution >= 4 is 44.9 Å². The quantitative estimate of drug-likeness (QED) is 0.145. The Morgan fingerprint density at radius 3 is 1.18 bits per heavy atom. The van der Waals surface area contributed by atoms with E-state index < -0.39 is 0 Å². The summed E-state index contributed by atoms with van der Waals surface area (Å²) < 4.78 is 7.25. The van der Waals surface area contributed by atoms with E-state index in [9.17, 15) is 0 Å². The minimum absolute atomic E-state index is 0.849. The van der Waals surface area contributed by atoms with Gasteiger partial charge < -0.3 is 14.5 Å². The summed E-state index contributed by atoms with van der Waals surface area (Å²) in [5.74, 6) is 1.70. The molecule has 1 aliphatic rings. The highest BCUT2D eigenvalue weighted by Gasteiger charge is 2.28. The maximum Gasteiger partial charge on any atom is 0.159 e. The number of ether oxygens (including phenoxy) is 1. The predicted molar refractivity (Wildman–Crippen MR) is 255 cm³/mol. The van der Waals surface area contributed by atoms with Crippen molar-refractivity contribution in [3.05, 3.63) is 243 Å². The Morgan fingerprint density at radius 1 is 0.246 bits per heavy atom. The fraction of sp³-hybridized carbons (Fsp3) is 0. The molecule has 0 N–H and O–H groups in total. The Morgan fingerprint density at radius 2 is 0.656 bits per heavy atom. The van der Waals surface area contributed by atoms with Crippen LogP contribution in [-0.4, -0.2) is 0 Å². The van der Waals surface area contributed by atoms with Crippen molar-refractivity contribution in [3.63, 3.8) is 0 Å². The molecule has 0 saturated heterocycles. The SMILES string of the molecule is c1ccc(-c2ccc(N(c3ccc(-c4ccccc4)cc3)c3ccc(-c4cccc5c4Oc4c(N(c6ccccc6)c6ccccc6)ccc6cccc-5c46)cc3)cc2)cc1. The smallest absolute Gasteiger partial charge is 0.159 e. The highest BCUT2D eigenvalue weighted by atomic mass is 16.5. The van der Waals surface area contributed by atoms with Gasteiger partial charge in [-0.25, -0.2) is 0 Å². The molecule has 1 heterocycles. The summed E-state index contributed by atoms with van der Waals surface area (Å²) in [5, 5.41) is 2.26. The third-order valence-electron chi connectivity index (χ3n) is 11.7. The number of para-hydroxylation sites is 3. The van der Waals surface area contributed by atoms with Gasteiger partial charge in [-0.3, -0.25) is 0 Å². The molecule has 0 amide bonds. The van der Waals surface area contributed by atoms with Crippen LogP contribution in [0, 0.1) is 0 Å². The molecule has 0 unspecified atom stereocenters. The maximum atomic E-state index is 7.25. The molecule has 10 aromatic rings. The second kappa shape index (κ2) is 15.6. The maximum absolute atomic E-state index is 7.25. The van der Waals surface area contributed by atoms with Crippen molar-refractivity contribution in [3.8, 4) is 56.0 Å². The minimum Gasteiger partial charge on any atom is -0.453 e. The van der Waals surface area contributed by atoms with E-state index >= 15 is 0 Å². The van der Waals surface area contributed by atoms with Gasteiger partial charge in [0.2, 0.25) is 0 Å². The Balaban J connectivity index is 0.999. The lowest BCUT2D eigenvalue weighted by atomic mass is 9.90. The largest absolute Gasteiger partial charge is 0.453 e. The summed E-state index contributed by atoms with van der Waals surface area (Å²) in [6.45, 7) is 0. The Hall–Kier alpha value is -8.14. The molecule has 0 aromatic heterocycles. The normalized spacial score (nSPS) is 11.4. The number of hydrogen-bond acceptors (Lipinski definition) is 3. The first kappa shape index (κ1) is 36.0. The molecule has 0 aliphatic carbocycles. The molecule has 3 nitrogen and oxygen atoms in total. The number of benzene rings is 10. The van der Waals surface area contributed by atoms with E-state index in [0.29, 0.717) is 0 Å². The van der Waals surface area contributed by atoms with Crippen molar-refractivity contribution < 1.29 is 4.74 Å². The van der Waals surface area contributed by atoms with E-state index in [1.807, 2.05) is 0 Å². The molecule has 0 bridgehead atoms. The molecule has 61 heavy (non-hydrogen) atoms. The molecule has 3 heteroatoms. The van der Waals surface area contributed by atoms with Crippen LogP contribution in [0.5, 0.6) is 11.5 Å². The highest BCUT2D eigenvalue weighted by molar-refractivity contribution is 6.09. The summed E-state index contributed by atoms with van der Waals surface area (Å²) in [6, 6.07) is 86.2. The molecule has 0 atom stereocenters. The zero-order valence-electron chi connectivity index (χ0n) is 33.4. The predicted octanol–water partition coefficient (Wildman–Crippen LogP) is 16.6. The average Bonchev–Trinajstić information content (AvgIpc) is 3.34. The van der Waals surface area contributed by atoms with Crippen LogP contribution < -0.4 is 14.5 Å². The highest BCUT2D eigenvalue weighted by Crippen LogP contribution is 2.55. The number of hydrogen-bond donors (Lipinski definition) is 0. The van der Waals surface area contributed by atoms with Gasteiger partial charge in [-0.1, -0.05) is 176 Å². The van der Waals surface area contributed by atoms with E-state index in [4.69, 9.17) is 4.74 Å².